The Labute approximate surface area is 105 Å². The third-order valence-electron chi connectivity index (χ3n) is 2.21. The largest absolute Gasteiger partial charge is 0.606 e. The fraction of sp³-hybridized carbons (Fsp3) is 0.0909. The topological polar surface area (TPSA) is 66.2 Å². The standard InChI is InChI=1S/C11H9NO3S2/c1-8-2-4-9(5-3-8)17(15)11-10(12(13)14)6-7-16-11/h2-7H,1H3. The lowest BCUT2D eigenvalue weighted by Crippen LogP contribution is -2.02. The predicted octanol–water partition coefficient (Wildman–Crippen LogP) is 3.13. The molecule has 88 valence electrons. The number of benzene rings is 1. The van der Waals surface area contributed by atoms with Gasteiger partial charge in [0.05, 0.1) is 4.92 Å². The molecule has 1 aromatic heterocycles. The Hall–Kier alpha value is -1.37. The molecule has 17 heavy (non-hydrogen) atoms. The van der Waals surface area contributed by atoms with Gasteiger partial charge in [0.2, 0.25) is 0 Å². The van der Waals surface area contributed by atoms with E-state index in [0.29, 0.717) is 9.10 Å². The molecule has 0 aliphatic heterocycles. The third-order valence-corrected chi connectivity index (χ3v) is 4.89. The van der Waals surface area contributed by atoms with Gasteiger partial charge in [-0.1, -0.05) is 29.0 Å². The molecular formula is C11H9NO3S2. The van der Waals surface area contributed by atoms with Crippen molar-refractivity contribution in [1.29, 1.82) is 0 Å². The van der Waals surface area contributed by atoms with Crippen molar-refractivity contribution in [1.82, 2.24) is 0 Å². The van der Waals surface area contributed by atoms with E-state index in [1.54, 1.807) is 17.5 Å². The normalized spacial score (nSPS) is 12.4. The van der Waals surface area contributed by atoms with Crippen molar-refractivity contribution in [2.24, 2.45) is 0 Å². The first-order chi connectivity index (χ1) is 8.09. The highest BCUT2D eigenvalue weighted by Crippen LogP contribution is 2.33. The first-order valence-electron chi connectivity index (χ1n) is 4.80. The van der Waals surface area contributed by atoms with Crippen LogP contribution in [0.1, 0.15) is 5.56 Å². The Morgan fingerprint density at radius 2 is 1.88 bits per heavy atom. The average molecular weight is 267 g/mol. The SMILES string of the molecule is Cc1ccc([S+]([O-])c2sccc2[N+](=O)[O-])cc1. The molecule has 0 spiro atoms. The van der Waals surface area contributed by atoms with E-state index in [-0.39, 0.29) is 5.69 Å². The fourth-order valence-corrected chi connectivity index (χ4v) is 3.65. The van der Waals surface area contributed by atoms with Crippen molar-refractivity contribution in [3.8, 4) is 0 Å². The summed E-state index contributed by atoms with van der Waals surface area (Å²) in [5.74, 6) is 0. The highest BCUT2D eigenvalue weighted by Gasteiger charge is 2.28. The van der Waals surface area contributed by atoms with Crippen LogP contribution in [0.2, 0.25) is 0 Å². The zero-order valence-electron chi connectivity index (χ0n) is 8.95. The summed E-state index contributed by atoms with van der Waals surface area (Å²) in [6.45, 7) is 1.93. The molecule has 0 saturated heterocycles. The van der Waals surface area contributed by atoms with E-state index in [1.807, 2.05) is 19.1 Å². The van der Waals surface area contributed by atoms with Gasteiger partial charge in [0.1, 0.15) is 0 Å². The first-order valence-corrected chi connectivity index (χ1v) is 6.83. The van der Waals surface area contributed by atoms with Gasteiger partial charge >= 0.3 is 5.69 Å². The molecule has 2 aromatic rings. The zero-order chi connectivity index (χ0) is 12.4. The maximum Gasteiger partial charge on any atom is 0.335 e. The fourth-order valence-electron chi connectivity index (χ4n) is 1.33. The highest BCUT2D eigenvalue weighted by atomic mass is 32.2. The Morgan fingerprint density at radius 3 is 2.47 bits per heavy atom. The number of hydrogen-bond donors (Lipinski definition) is 0. The van der Waals surface area contributed by atoms with Crippen molar-refractivity contribution in [3.63, 3.8) is 0 Å². The molecule has 0 radical (unpaired) electrons. The average Bonchev–Trinajstić information content (AvgIpc) is 2.78. The number of hydrogen-bond acceptors (Lipinski definition) is 4. The molecule has 2 rings (SSSR count). The van der Waals surface area contributed by atoms with E-state index in [4.69, 9.17) is 0 Å². The van der Waals surface area contributed by atoms with Gasteiger partial charge in [-0.05, 0) is 19.1 Å². The number of thiophene rings is 1. The van der Waals surface area contributed by atoms with Crippen LogP contribution >= 0.6 is 11.3 Å². The summed E-state index contributed by atoms with van der Waals surface area (Å²) in [7, 11) is 0. The lowest BCUT2D eigenvalue weighted by Gasteiger charge is -2.07. The Kier molecular flexibility index (Phi) is 3.46. The van der Waals surface area contributed by atoms with Crippen molar-refractivity contribution < 1.29 is 9.48 Å². The quantitative estimate of drug-likeness (QED) is 0.487. The van der Waals surface area contributed by atoms with Crippen LogP contribution in [0.25, 0.3) is 0 Å². The molecule has 0 bridgehead atoms. The molecule has 6 heteroatoms. The number of aryl methyl sites for hydroxylation is 1. The minimum atomic E-state index is -1.48. The van der Waals surface area contributed by atoms with E-state index < -0.39 is 16.1 Å². The molecule has 4 nitrogen and oxygen atoms in total. The summed E-state index contributed by atoms with van der Waals surface area (Å²) < 4.78 is 12.5. The van der Waals surface area contributed by atoms with Crippen LogP contribution in [0.3, 0.4) is 0 Å². The van der Waals surface area contributed by atoms with Gasteiger partial charge in [0, 0.05) is 22.6 Å². The zero-order valence-corrected chi connectivity index (χ0v) is 10.6. The monoisotopic (exact) mass is 267 g/mol. The van der Waals surface area contributed by atoms with Gasteiger partial charge in [-0.15, -0.1) is 0 Å². The van der Waals surface area contributed by atoms with Crippen molar-refractivity contribution in [2.45, 2.75) is 16.0 Å². The predicted molar refractivity (Wildman–Crippen MR) is 66.8 cm³/mol. The molecule has 0 fully saturated rings. The molecule has 0 amide bonds. The lowest BCUT2D eigenvalue weighted by atomic mass is 10.2. The van der Waals surface area contributed by atoms with Gasteiger partial charge in [0.15, 0.2) is 4.90 Å². The maximum atomic E-state index is 12.2. The Balaban J connectivity index is 2.36. The van der Waals surface area contributed by atoms with Crippen LogP contribution in [0.4, 0.5) is 5.69 Å². The molecule has 1 heterocycles. The lowest BCUT2D eigenvalue weighted by molar-refractivity contribution is -0.387. The van der Waals surface area contributed by atoms with Crippen LogP contribution in [0.15, 0.2) is 44.8 Å². The van der Waals surface area contributed by atoms with E-state index >= 15 is 0 Å². The smallest absolute Gasteiger partial charge is 0.335 e. The number of nitro groups is 1. The molecule has 1 aromatic carbocycles. The van der Waals surface area contributed by atoms with Gasteiger partial charge in [-0.3, -0.25) is 10.1 Å². The minimum Gasteiger partial charge on any atom is -0.606 e. The molecule has 0 saturated carbocycles. The summed E-state index contributed by atoms with van der Waals surface area (Å²) in [6.07, 6.45) is 0. The maximum absolute atomic E-state index is 12.2. The summed E-state index contributed by atoms with van der Waals surface area (Å²) in [4.78, 5) is 10.8. The second-order valence-corrected chi connectivity index (χ2v) is 6.02. The van der Waals surface area contributed by atoms with Crippen molar-refractivity contribution in [2.75, 3.05) is 0 Å². The van der Waals surface area contributed by atoms with Gasteiger partial charge in [-0.25, -0.2) is 0 Å². The summed E-state index contributed by atoms with van der Waals surface area (Å²) in [6, 6.07) is 8.52. The number of rotatable bonds is 3. The minimum absolute atomic E-state index is 0.0751. The van der Waals surface area contributed by atoms with Crippen molar-refractivity contribution >= 4 is 28.2 Å². The summed E-state index contributed by atoms with van der Waals surface area (Å²) in [5, 5.41) is 12.3. The van der Waals surface area contributed by atoms with Crippen LogP contribution in [-0.2, 0) is 11.2 Å². The summed E-state index contributed by atoms with van der Waals surface area (Å²) >= 11 is -0.336. The molecular weight excluding hydrogens is 258 g/mol. The Morgan fingerprint density at radius 1 is 1.24 bits per heavy atom. The van der Waals surface area contributed by atoms with Crippen molar-refractivity contribution in [3.05, 3.63) is 51.4 Å². The molecule has 1 unspecified atom stereocenters. The van der Waals surface area contributed by atoms with Crippen LogP contribution in [0.5, 0.6) is 0 Å². The second-order valence-electron chi connectivity index (χ2n) is 3.43. The van der Waals surface area contributed by atoms with E-state index in [1.165, 1.54) is 6.07 Å². The van der Waals surface area contributed by atoms with Gasteiger partial charge < -0.3 is 4.55 Å². The van der Waals surface area contributed by atoms with Crippen LogP contribution in [-0.4, -0.2) is 9.48 Å². The Bertz CT molecular complexity index is 536. The van der Waals surface area contributed by atoms with Crippen LogP contribution < -0.4 is 0 Å². The van der Waals surface area contributed by atoms with E-state index in [2.05, 4.69) is 0 Å². The molecule has 0 aliphatic rings. The second kappa shape index (κ2) is 4.87. The molecule has 0 N–H and O–H groups in total. The van der Waals surface area contributed by atoms with E-state index in [9.17, 15) is 14.7 Å². The number of nitrogens with zero attached hydrogens (tertiary/aromatic N) is 1. The van der Waals surface area contributed by atoms with E-state index in [0.717, 1.165) is 16.9 Å². The van der Waals surface area contributed by atoms with Gasteiger partial charge in [0.25, 0.3) is 4.21 Å². The molecule has 1 atom stereocenters. The first kappa shape index (κ1) is 12.1. The van der Waals surface area contributed by atoms with Crippen LogP contribution in [0, 0.1) is 17.0 Å². The van der Waals surface area contributed by atoms with Gasteiger partial charge in [-0.2, -0.15) is 0 Å². The molecule has 0 aliphatic carbocycles. The summed E-state index contributed by atoms with van der Waals surface area (Å²) in [5.41, 5.74) is 0.986. The third kappa shape index (κ3) is 2.49. The highest BCUT2D eigenvalue weighted by molar-refractivity contribution is 7.93.